The summed E-state index contributed by atoms with van der Waals surface area (Å²) >= 11 is 0. The first-order chi connectivity index (χ1) is 17.2. The molecule has 1 atom stereocenters. The number of rotatable bonds is 10. The van der Waals surface area contributed by atoms with Crippen molar-refractivity contribution >= 4 is 27.5 Å². The van der Waals surface area contributed by atoms with Gasteiger partial charge in [0.2, 0.25) is 11.8 Å². The molecule has 2 amide bonds. The number of hydrogen-bond acceptors (Lipinski definition) is 5. The SMILES string of the molecule is CNC(=O)[C@@H](C)N(Cc1ccc(OC)cc1)C(=O)CN(c1ccccc1)S(=O)(=O)c1ccc(C)cc1. The van der Waals surface area contributed by atoms with Crippen molar-refractivity contribution in [1.29, 1.82) is 0 Å². The Balaban J connectivity index is 1.98. The summed E-state index contributed by atoms with van der Waals surface area (Å²) in [5.74, 6) is -0.207. The number of carbonyl (C=O) groups excluding carboxylic acids is 2. The number of hydrogen-bond donors (Lipinski definition) is 1. The normalized spacial score (nSPS) is 11.9. The molecule has 3 rings (SSSR count). The van der Waals surface area contributed by atoms with Crippen molar-refractivity contribution in [3.05, 3.63) is 90.0 Å². The second-order valence-corrected chi connectivity index (χ2v) is 10.2. The number of nitrogens with one attached hydrogen (secondary N) is 1. The number of amides is 2. The number of aryl methyl sites for hydroxylation is 1. The minimum absolute atomic E-state index is 0.0748. The lowest BCUT2D eigenvalue weighted by atomic mass is 10.1. The molecule has 0 fully saturated rings. The first kappa shape index (κ1) is 26.7. The van der Waals surface area contributed by atoms with Gasteiger partial charge in [-0.2, -0.15) is 0 Å². The fourth-order valence-electron chi connectivity index (χ4n) is 3.68. The molecule has 0 aliphatic carbocycles. The van der Waals surface area contributed by atoms with Crippen LogP contribution in [0, 0.1) is 6.92 Å². The number of anilines is 1. The summed E-state index contributed by atoms with van der Waals surface area (Å²) in [5, 5.41) is 2.57. The number of nitrogens with zero attached hydrogens (tertiary/aromatic N) is 2. The molecule has 8 nitrogen and oxygen atoms in total. The van der Waals surface area contributed by atoms with Crippen molar-refractivity contribution in [3.8, 4) is 5.75 Å². The van der Waals surface area contributed by atoms with Crippen LogP contribution in [0.2, 0.25) is 0 Å². The monoisotopic (exact) mass is 509 g/mol. The molecule has 0 aliphatic rings. The number of carbonyl (C=O) groups is 2. The number of methoxy groups -OCH3 is 1. The van der Waals surface area contributed by atoms with Gasteiger partial charge in [0.1, 0.15) is 18.3 Å². The van der Waals surface area contributed by atoms with Crippen molar-refractivity contribution in [2.24, 2.45) is 0 Å². The first-order valence-corrected chi connectivity index (χ1v) is 12.9. The van der Waals surface area contributed by atoms with E-state index in [0.29, 0.717) is 11.4 Å². The number of sulfonamides is 1. The fourth-order valence-corrected chi connectivity index (χ4v) is 5.09. The highest BCUT2D eigenvalue weighted by Crippen LogP contribution is 2.25. The second kappa shape index (κ2) is 11.7. The molecular formula is C27H31N3O5S. The zero-order valence-corrected chi connectivity index (χ0v) is 21.7. The van der Waals surface area contributed by atoms with E-state index in [2.05, 4.69) is 5.32 Å². The molecule has 0 spiro atoms. The van der Waals surface area contributed by atoms with Crippen molar-refractivity contribution in [2.75, 3.05) is 25.0 Å². The molecule has 190 valence electrons. The third-order valence-corrected chi connectivity index (χ3v) is 7.65. The van der Waals surface area contributed by atoms with E-state index in [4.69, 9.17) is 4.74 Å². The lowest BCUT2D eigenvalue weighted by molar-refractivity contribution is -0.139. The van der Waals surface area contributed by atoms with Gasteiger partial charge in [0.25, 0.3) is 10.0 Å². The van der Waals surface area contributed by atoms with E-state index in [1.54, 1.807) is 80.8 Å². The third kappa shape index (κ3) is 6.23. The summed E-state index contributed by atoms with van der Waals surface area (Å²) in [6.07, 6.45) is 0. The number of para-hydroxylation sites is 1. The van der Waals surface area contributed by atoms with Crippen LogP contribution < -0.4 is 14.4 Å². The van der Waals surface area contributed by atoms with Gasteiger partial charge in [0.15, 0.2) is 0 Å². The molecule has 9 heteroatoms. The summed E-state index contributed by atoms with van der Waals surface area (Å²) in [5.41, 5.74) is 2.04. The summed E-state index contributed by atoms with van der Waals surface area (Å²) in [4.78, 5) is 27.6. The quantitative estimate of drug-likeness (QED) is 0.452. The molecule has 0 unspecified atom stereocenters. The summed E-state index contributed by atoms with van der Waals surface area (Å²) < 4.78 is 33.6. The molecule has 1 N–H and O–H groups in total. The smallest absolute Gasteiger partial charge is 0.264 e. The fraction of sp³-hybridized carbons (Fsp3) is 0.259. The van der Waals surface area contributed by atoms with Crippen LogP contribution in [0.25, 0.3) is 0 Å². The summed E-state index contributed by atoms with van der Waals surface area (Å²) in [6.45, 7) is 3.12. The number of benzene rings is 3. The average molecular weight is 510 g/mol. The highest BCUT2D eigenvalue weighted by molar-refractivity contribution is 7.92. The van der Waals surface area contributed by atoms with Crippen LogP contribution in [0.1, 0.15) is 18.1 Å². The molecule has 0 aromatic heterocycles. The number of likely N-dealkylation sites (N-methyl/N-ethyl adjacent to an activating group) is 1. The molecule has 0 aliphatic heterocycles. The Morgan fingerprint density at radius 3 is 2.11 bits per heavy atom. The standard InChI is InChI=1S/C27H31N3O5S/c1-20-10-16-25(17-11-20)36(33,34)30(23-8-6-5-7-9-23)19-26(31)29(21(2)27(32)28-3)18-22-12-14-24(35-4)15-13-22/h5-17,21H,18-19H2,1-4H3,(H,28,32)/t21-/m1/s1. The Labute approximate surface area is 212 Å². The van der Waals surface area contributed by atoms with E-state index in [9.17, 15) is 18.0 Å². The molecular weight excluding hydrogens is 478 g/mol. The van der Waals surface area contributed by atoms with Gasteiger partial charge in [0.05, 0.1) is 17.7 Å². The molecule has 0 heterocycles. The van der Waals surface area contributed by atoms with Crippen LogP contribution in [0.5, 0.6) is 5.75 Å². The van der Waals surface area contributed by atoms with Crippen LogP contribution in [-0.2, 0) is 26.2 Å². The Bertz CT molecular complexity index is 1280. The zero-order valence-electron chi connectivity index (χ0n) is 20.8. The van der Waals surface area contributed by atoms with Crippen molar-refractivity contribution in [1.82, 2.24) is 10.2 Å². The Morgan fingerprint density at radius 2 is 1.56 bits per heavy atom. The lowest BCUT2D eigenvalue weighted by Crippen LogP contribution is -2.50. The van der Waals surface area contributed by atoms with Crippen LogP contribution in [0.4, 0.5) is 5.69 Å². The van der Waals surface area contributed by atoms with E-state index >= 15 is 0 Å². The minimum Gasteiger partial charge on any atom is -0.497 e. The topological polar surface area (TPSA) is 96.0 Å². The highest BCUT2D eigenvalue weighted by atomic mass is 32.2. The predicted octanol–water partition coefficient (Wildman–Crippen LogP) is 3.36. The van der Waals surface area contributed by atoms with Gasteiger partial charge >= 0.3 is 0 Å². The molecule has 0 bridgehead atoms. The Kier molecular flexibility index (Phi) is 8.71. The maximum Gasteiger partial charge on any atom is 0.264 e. The van der Waals surface area contributed by atoms with Crippen LogP contribution in [-0.4, -0.2) is 51.9 Å². The van der Waals surface area contributed by atoms with Gasteiger partial charge < -0.3 is 15.0 Å². The van der Waals surface area contributed by atoms with E-state index < -0.39 is 28.5 Å². The minimum atomic E-state index is -4.06. The molecule has 0 saturated heterocycles. The van der Waals surface area contributed by atoms with Crippen molar-refractivity contribution < 1.29 is 22.7 Å². The van der Waals surface area contributed by atoms with E-state index in [1.165, 1.54) is 24.1 Å². The second-order valence-electron chi connectivity index (χ2n) is 8.32. The molecule has 3 aromatic carbocycles. The molecule has 0 saturated carbocycles. The van der Waals surface area contributed by atoms with Crippen LogP contribution >= 0.6 is 0 Å². The molecule has 3 aromatic rings. The number of ether oxygens (including phenoxy) is 1. The van der Waals surface area contributed by atoms with Gasteiger partial charge in [-0.3, -0.25) is 13.9 Å². The predicted molar refractivity (Wildman–Crippen MR) is 139 cm³/mol. The van der Waals surface area contributed by atoms with E-state index in [-0.39, 0.29) is 17.3 Å². The molecule has 0 radical (unpaired) electrons. The highest BCUT2D eigenvalue weighted by Gasteiger charge is 2.32. The van der Waals surface area contributed by atoms with Gasteiger partial charge in [-0.05, 0) is 55.8 Å². The van der Waals surface area contributed by atoms with Crippen molar-refractivity contribution in [3.63, 3.8) is 0 Å². The Hall–Kier alpha value is -3.85. The van der Waals surface area contributed by atoms with Gasteiger partial charge in [0, 0.05) is 13.6 Å². The maximum atomic E-state index is 13.7. The van der Waals surface area contributed by atoms with Crippen LogP contribution in [0.15, 0.2) is 83.8 Å². The van der Waals surface area contributed by atoms with Crippen molar-refractivity contribution in [2.45, 2.75) is 31.3 Å². The third-order valence-electron chi connectivity index (χ3n) is 5.86. The maximum absolute atomic E-state index is 13.7. The molecule has 36 heavy (non-hydrogen) atoms. The van der Waals surface area contributed by atoms with Gasteiger partial charge in [-0.25, -0.2) is 8.42 Å². The van der Waals surface area contributed by atoms with Crippen LogP contribution in [0.3, 0.4) is 0 Å². The van der Waals surface area contributed by atoms with E-state index in [1.807, 2.05) is 6.92 Å². The Morgan fingerprint density at radius 1 is 0.944 bits per heavy atom. The summed E-state index contributed by atoms with van der Waals surface area (Å²) in [7, 11) is -1.01. The largest absolute Gasteiger partial charge is 0.497 e. The average Bonchev–Trinajstić information content (AvgIpc) is 2.90. The van der Waals surface area contributed by atoms with Gasteiger partial charge in [-0.1, -0.05) is 48.0 Å². The lowest BCUT2D eigenvalue weighted by Gasteiger charge is -2.31. The first-order valence-electron chi connectivity index (χ1n) is 11.5. The van der Waals surface area contributed by atoms with Gasteiger partial charge in [-0.15, -0.1) is 0 Å². The summed E-state index contributed by atoms with van der Waals surface area (Å²) in [6, 6.07) is 21.2. The zero-order chi connectivity index (χ0) is 26.3. The van der Waals surface area contributed by atoms with E-state index in [0.717, 1.165) is 15.4 Å².